The Morgan fingerprint density at radius 2 is 0.839 bits per heavy atom. The van der Waals surface area contributed by atoms with E-state index in [-0.39, 0.29) is 24.1 Å². The number of hydrogen-bond acceptors (Lipinski definition) is 3. The molecule has 16 rings (SSSR count). The van der Waals surface area contributed by atoms with Gasteiger partial charge in [0, 0.05) is 0 Å². The van der Waals surface area contributed by atoms with E-state index in [1.165, 1.54) is 16.2 Å². The second-order valence-electron chi connectivity index (χ2n) is 23.4. The minimum absolute atomic E-state index is 0.0482. The first-order chi connectivity index (χ1) is 42.7. The molecule has 0 amide bonds. The molecule has 4 nitrogen and oxygen atoms in total. The number of hydrogen-bond donors (Lipinski definition) is 1. The lowest BCUT2D eigenvalue weighted by atomic mass is 9.77. The van der Waals surface area contributed by atoms with Crippen LogP contribution in [0.4, 0.5) is 0 Å². The van der Waals surface area contributed by atoms with Crippen molar-refractivity contribution in [2.45, 2.75) is 20.3 Å². The minimum Gasteiger partial charge on any atom is -0.478 e. The van der Waals surface area contributed by atoms with E-state index in [2.05, 4.69) is 250 Å². The van der Waals surface area contributed by atoms with E-state index in [1.807, 2.05) is 31.2 Å². The van der Waals surface area contributed by atoms with Crippen LogP contribution in [0.2, 0.25) is 0 Å². The summed E-state index contributed by atoms with van der Waals surface area (Å²) in [6.07, 6.45) is 2.89. The molecule has 15 aromatic carbocycles. The number of carbonyl (C=O) groups excluding carboxylic acids is 1. The topological polar surface area (TPSA) is 63.6 Å². The van der Waals surface area contributed by atoms with Crippen molar-refractivity contribution in [1.29, 1.82) is 0 Å². The molecular weight excluding hydrogens is 1060 g/mol. The molecule has 412 valence electrons. The maximum atomic E-state index is 14.6. The molecular formula is C83H56O4. The molecule has 15 aromatic rings. The summed E-state index contributed by atoms with van der Waals surface area (Å²) in [6.45, 7) is 4.32. The molecule has 0 fully saturated rings. The molecule has 0 aromatic heterocycles. The molecule has 1 unspecified atom stereocenters. The van der Waals surface area contributed by atoms with Gasteiger partial charge in [-0.25, -0.2) is 9.59 Å². The second kappa shape index (κ2) is 20.7. The first-order valence-corrected chi connectivity index (χ1v) is 30.0. The Balaban J connectivity index is 0.909. The van der Waals surface area contributed by atoms with Crippen molar-refractivity contribution in [3.05, 3.63) is 289 Å². The molecule has 0 bridgehead atoms. The van der Waals surface area contributed by atoms with Crippen LogP contribution >= 0.6 is 0 Å². The number of carboxylic acids is 1. The molecule has 1 N–H and O–H groups in total. The largest absolute Gasteiger partial charge is 0.478 e. The van der Waals surface area contributed by atoms with Crippen LogP contribution < -0.4 is 0 Å². The maximum absolute atomic E-state index is 14.6. The molecule has 0 saturated heterocycles. The number of aromatic carboxylic acids is 1. The van der Waals surface area contributed by atoms with E-state index in [4.69, 9.17) is 4.74 Å². The summed E-state index contributed by atoms with van der Waals surface area (Å²) < 4.78 is 5.93. The van der Waals surface area contributed by atoms with Crippen LogP contribution in [0.1, 0.15) is 51.3 Å². The molecule has 87 heavy (non-hydrogen) atoms. The van der Waals surface area contributed by atoms with E-state index in [1.54, 1.807) is 0 Å². The molecule has 0 saturated carbocycles. The number of esters is 1. The van der Waals surface area contributed by atoms with Crippen LogP contribution in [0, 0.1) is 5.92 Å². The zero-order valence-electron chi connectivity index (χ0n) is 48.1. The summed E-state index contributed by atoms with van der Waals surface area (Å²) in [5, 5.41) is 29.7. The van der Waals surface area contributed by atoms with E-state index in [0.717, 1.165) is 142 Å². The van der Waals surface area contributed by atoms with Crippen molar-refractivity contribution in [3.8, 4) is 55.6 Å². The Hall–Kier alpha value is -10.9. The van der Waals surface area contributed by atoms with Gasteiger partial charge in [-0.3, -0.25) is 0 Å². The fraction of sp³-hybridized carbons (Fsp3) is 0.0602. The third kappa shape index (κ3) is 8.66. The van der Waals surface area contributed by atoms with E-state index >= 15 is 0 Å². The van der Waals surface area contributed by atoms with Gasteiger partial charge in [-0.2, -0.15) is 0 Å². The average molecular weight is 1120 g/mol. The Kier molecular flexibility index (Phi) is 12.3. The van der Waals surface area contributed by atoms with Gasteiger partial charge in [0.2, 0.25) is 0 Å². The average Bonchev–Trinajstić information content (AvgIpc) is 1.04. The normalized spacial score (nSPS) is 13.3. The Labute approximate surface area is 503 Å². The third-order valence-electron chi connectivity index (χ3n) is 18.3. The second-order valence-corrected chi connectivity index (χ2v) is 23.4. The van der Waals surface area contributed by atoms with Gasteiger partial charge in [-0.05, 0) is 250 Å². The quantitative estimate of drug-likeness (QED) is 0.0889. The summed E-state index contributed by atoms with van der Waals surface area (Å²) >= 11 is 0. The van der Waals surface area contributed by atoms with E-state index in [9.17, 15) is 14.7 Å². The van der Waals surface area contributed by atoms with Gasteiger partial charge < -0.3 is 9.84 Å². The highest BCUT2D eigenvalue weighted by Gasteiger charge is 2.29. The van der Waals surface area contributed by atoms with Crippen LogP contribution in [0.5, 0.6) is 0 Å². The first-order valence-electron chi connectivity index (χ1n) is 30.0. The number of carbonyl (C=O) groups is 2. The fourth-order valence-corrected chi connectivity index (χ4v) is 14.2. The lowest BCUT2D eigenvalue weighted by molar-refractivity contribution is 0.0525. The Morgan fingerprint density at radius 1 is 0.368 bits per heavy atom. The Bertz CT molecular complexity index is 5460. The molecule has 0 radical (unpaired) electrons. The van der Waals surface area contributed by atoms with E-state index in [0.29, 0.717) is 17.5 Å². The molecule has 1 aliphatic rings. The number of allylic oxidation sites excluding steroid dienone is 1. The standard InChI is InChI=1S/C83H56O4/c1-3-87-83(86)81-46-69(50-19-5-4-6-20-50)77(73-44-60-36-51-21-7-8-22-52(51)39-68(60)64-30-16-18-32-66(64)73)47-76(81)67-38-55-33-34-58(37-59(55)35-49(67)2)70-45-78(75-43-57-26-12-14-28-62(57)71-40-53-23-9-10-24-54(53)41-74(71)75)79(48-80(70)82(84)85)72-42-56-25-11-13-27-61(56)63-29-15-17-31-65(63)72/h4-34,36-49H,3,35H2,1-2H3,(H,84,85). The predicted octanol–water partition coefficient (Wildman–Crippen LogP) is 21.9. The highest BCUT2D eigenvalue weighted by atomic mass is 16.5. The van der Waals surface area contributed by atoms with Crippen molar-refractivity contribution in [2.75, 3.05) is 6.61 Å². The van der Waals surface area contributed by atoms with Gasteiger partial charge in [-0.1, -0.05) is 207 Å². The van der Waals surface area contributed by atoms with Crippen molar-refractivity contribution in [1.82, 2.24) is 0 Å². The Morgan fingerprint density at radius 3 is 1.47 bits per heavy atom. The van der Waals surface area contributed by atoms with Crippen LogP contribution in [-0.2, 0) is 11.2 Å². The van der Waals surface area contributed by atoms with Gasteiger partial charge in [0.25, 0.3) is 0 Å². The number of rotatable bonds is 9. The van der Waals surface area contributed by atoms with Crippen molar-refractivity contribution < 1.29 is 19.4 Å². The SMILES string of the molecule is CCOC(=O)c1cc(-c2ccccc2)c(-c2cc3cc4ccccc4cc3c3ccccc23)cc1C1=Cc2ccc(-c3cc(-c4cc5ccccc5c5cc6ccccc6cc45)c(-c4cc5ccccc5c5ccccc45)cc3C(=O)O)cc2CC1C. The summed E-state index contributed by atoms with van der Waals surface area (Å²) in [7, 11) is 0. The fourth-order valence-electron chi connectivity index (χ4n) is 14.2. The molecule has 4 heteroatoms. The lowest BCUT2D eigenvalue weighted by Gasteiger charge is -2.27. The van der Waals surface area contributed by atoms with Crippen LogP contribution in [0.3, 0.4) is 0 Å². The lowest BCUT2D eigenvalue weighted by Crippen LogP contribution is -2.15. The molecule has 0 spiro atoms. The zero-order chi connectivity index (χ0) is 58.4. The molecule has 0 heterocycles. The summed E-state index contributed by atoms with van der Waals surface area (Å²) in [4.78, 5) is 28.7. The highest BCUT2D eigenvalue weighted by molar-refractivity contribution is 6.22. The van der Waals surface area contributed by atoms with E-state index < -0.39 is 5.97 Å². The van der Waals surface area contributed by atoms with Gasteiger partial charge in [-0.15, -0.1) is 0 Å². The summed E-state index contributed by atoms with van der Waals surface area (Å²) in [5.74, 6) is -1.42. The van der Waals surface area contributed by atoms with Crippen LogP contribution in [-0.4, -0.2) is 23.7 Å². The molecule has 0 aliphatic heterocycles. The van der Waals surface area contributed by atoms with Crippen molar-refractivity contribution in [3.63, 3.8) is 0 Å². The number of fused-ring (bicyclic) bond motifs is 12. The number of benzene rings is 15. The van der Waals surface area contributed by atoms with Crippen molar-refractivity contribution in [2.24, 2.45) is 5.92 Å². The minimum atomic E-state index is -1.00. The molecule has 1 atom stereocenters. The predicted molar refractivity (Wildman–Crippen MR) is 364 cm³/mol. The molecule has 1 aliphatic carbocycles. The van der Waals surface area contributed by atoms with Gasteiger partial charge in [0.1, 0.15) is 0 Å². The van der Waals surface area contributed by atoms with Gasteiger partial charge in [0.05, 0.1) is 17.7 Å². The van der Waals surface area contributed by atoms with Gasteiger partial charge in [0.15, 0.2) is 0 Å². The highest BCUT2D eigenvalue weighted by Crippen LogP contribution is 2.49. The van der Waals surface area contributed by atoms with Crippen LogP contribution in [0.15, 0.2) is 261 Å². The van der Waals surface area contributed by atoms with Crippen LogP contribution in [0.25, 0.3) is 153 Å². The summed E-state index contributed by atoms with van der Waals surface area (Å²) in [5.41, 5.74) is 14.0. The smallest absolute Gasteiger partial charge is 0.338 e. The third-order valence-corrected chi connectivity index (χ3v) is 18.3. The first kappa shape index (κ1) is 51.7. The van der Waals surface area contributed by atoms with Crippen molar-refractivity contribution >= 4 is 110 Å². The number of ether oxygens (including phenoxy) is 1. The summed E-state index contributed by atoms with van der Waals surface area (Å²) in [6, 6.07) is 92.4. The zero-order valence-corrected chi connectivity index (χ0v) is 48.1. The maximum Gasteiger partial charge on any atom is 0.338 e. The number of carboxylic acid groups (broad SMARTS) is 1. The monoisotopic (exact) mass is 1120 g/mol. The van der Waals surface area contributed by atoms with Gasteiger partial charge >= 0.3 is 11.9 Å².